The number of carbonyl (C=O) groups is 2. The number of anilines is 2. The number of methoxy groups -OCH3 is 1. The number of halogens is 1. The van der Waals surface area contributed by atoms with Gasteiger partial charge in [0.25, 0.3) is 11.8 Å². The van der Waals surface area contributed by atoms with Crippen molar-refractivity contribution in [1.29, 1.82) is 0 Å². The molecular formula is C21H17FN2O3. The molecule has 0 aromatic heterocycles. The minimum Gasteiger partial charge on any atom is -0.497 e. The Labute approximate surface area is 155 Å². The average Bonchev–Trinajstić information content (AvgIpc) is 2.68. The van der Waals surface area contributed by atoms with Crippen molar-refractivity contribution in [1.82, 2.24) is 0 Å². The minimum atomic E-state index is -0.432. The van der Waals surface area contributed by atoms with Crippen LogP contribution in [-0.4, -0.2) is 18.9 Å². The topological polar surface area (TPSA) is 67.4 Å². The highest BCUT2D eigenvalue weighted by atomic mass is 19.1. The van der Waals surface area contributed by atoms with Gasteiger partial charge in [0.05, 0.1) is 7.11 Å². The van der Waals surface area contributed by atoms with Crippen LogP contribution in [0, 0.1) is 5.82 Å². The maximum Gasteiger partial charge on any atom is 0.255 e. The van der Waals surface area contributed by atoms with Gasteiger partial charge < -0.3 is 15.4 Å². The number of ether oxygens (including phenoxy) is 1. The summed E-state index contributed by atoms with van der Waals surface area (Å²) in [6.07, 6.45) is 0. The Bertz CT molecular complexity index is 954. The summed E-state index contributed by atoms with van der Waals surface area (Å²) in [5.41, 5.74) is 1.77. The number of hydrogen-bond donors (Lipinski definition) is 2. The van der Waals surface area contributed by atoms with Gasteiger partial charge in [-0.05, 0) is 66.7 Å². The van der Waals surface area contributed by atoms with Gasteiger partial charge in [0.1, 0.15) is 11.6 Å². The van der Waals surface area contributed by atoms with Gasteiger partial charge in [-0.15, -0.1) is 0 Å². The highest BCUT2D eigenvalue weighted by molar-refractivity contribution is 6.07. The van der Waals surface area contributed by atoms with Gasteiger partial charge in [-0.3, -0.25) is 9.59 Å². The van der Waals surface area contributed by atoms with Gasteiger partial charge in [0.15, 0.2) is 0 Å². The highest BCUT2D eigenvalue weighted by Crippen LogP contribution is 2.16. The molecule has 136 valence electrons. The van der Waals surface area contributed by atoms with Gasteiger partial charge in [0.2, 0.25) is 0 Å². The molecule has 3 aromatic carbocycles. The third-order valence-corrected chi connectivity index (χ3v) is 3.84. The van der Waals surface area contributed by atoms with Crippen molar-refractivity contribution in [3.05, 3.63) is 89.7 Å². The van der Waals surface area contributed by atoms with Crippen molar-refractivity contribution in [2.45, 2.75) is 0 Å². The van der Waals surface area contributed by atoms with E-state index in [0.717, 1.165) is 0 Å². The Balaban J connectivity index is 1.65. The van der Waals surface area contributed by atoms with Gasteiger partial charge in [0, 0.05) is 22.5 Å². The predicted octanol–water partition coefficient (Wildman–Crippen LogP) is 4.34. The fourth-order valence-electron chi connectivity index (χ4n) is 2.42. The molecule has 0 unspecified atom stereocenters. The van der Waals surface area contributed by atoms with Crippen LogP contribution in [0.1, 0.15) is 20.7 Å². The maximum atomic E-state index is 13.2. The van der Waals surface area contributed by atoms with Crippen LogP contribution in [0.25, 0.3) is 0 Å². The van der Waals surface area contributed by atoms with E-state index in [1.54, 1.807) is 49.6 Å². The molecule has 3 aromatic rings. The highest BCUT2D eigenvalue weighted by Gasteiger charge is 2.10. The largest absolute Gasteiger partial charge is 0.497 e. The van der Waals surface area contributed by atoms with Gasteiger partial charge in [-0.2, -0.15) is 0 Å². The van der Waals surface area contributed by atoms with E-state index in [0.29, 0.717) is 28.3 Å². The molecule has 0 aliphatic rings. The van der Waals surface area contributed by atoms with Crippen molar-refractivity contribution in [3.8, 4) is 5.75 Å². The minimum absolute atomic E-state index is 0.294. The molecule has 0 bridgehead atoms. The summed E-state index contributed by atoms with van der Waals surface area (Å²) in [6, 6.07) is 18.8. The molecule has 0 spiro atoms. The molecule has 0 saturated heterocycles. The molecule has 5 nitrogen and oxygen atoms in total. The molecule has 0 heterocycles. The quantitative estimate of drug-likeness (QED) is 0.708. The molecule has 2 amide bonds. The van der Waals surface area contributed by atoms with E-state index in [-0.39, 0.29) is 11.8 Å². The summed E-state index contributed by atoms with van der Waals surface area (Å²) in [5, 5.41) is 5.37. The second-order valence-electron chi connectivity index (χ2n) is 5.72. The zero-order valence-corrected chi connectivity index (χ0v) is 14.5. The lowest BCUT2D eigenvalue weighted by molar-refractivity contribution is 0.101. The van der Waals surface area contributed by atoms with Crippen LogP contribution in [0.3, 0.4) is 0 Å². The van der Waals surface area contributed by atoms with Crippen molar-refractivity contribution in [2.75, 3.05) is 17.7 Å². The molecule has 0 fully saturated rings. The molecule has 0 saturated carbocycles. The molecule has 0 atom stereocenters. The molecule has 6 heteroatoms. The standard InChI is InChI=1S/C21H17FN2O3/c1-27-19-11-9-17(10-12-19)23-20(25)14-5-7-15(8-6-14)21(26)24-18-4-2-3-16(22)13-18/h2-13H,1H3,(H,23,25)(H,24,26). The Kier molecular flexibility index (Phi) is 5.47. The number of carbonyl (C=O) groups excluding carboxylic acids is 2. The number of benzene rings is 3. The van der Waals surface area contributed by atoms with Crippen molar-refractivity contribution in [2.24, 2.45) is 0 Å². The van der Waals surface area contributed by atoms with Crippen LogP contribution in [0.4, 0.5) is 15.8 Å². The molecule has 0 radical (unpaired) electrons. The first-order chi connectivity index (χ1) is 13.0. The molecule has 27 heavy (non-hydrogen) atoms. The number of hydrogen-bond acceptors (Lipinski definition) is 3. The van der Waals surface area contributed by atoms with E-state index in [2.05, 4.69) is 10.6 Å². The monoisotopic (exact) mass is 364 g/mol. The summed E-state index contributed by atoms with van der Waals surface area (Å²) < 4.78 is 18.3. The van der Waals surface area contributed by atoms with Crippen molar-refractivity contribution < 1.29 is 18.7 Å². The number of nitrogens with one attached hydrogen (secondary N) is 2. The summed E-state index contributed by atoms with van der Waals surface area (Å²) >= 11 is 0. The van der Waals surface area contributed by atoms with Crippen LogP contribution in [0.2, 0.25) is 0 Å². The van der Waals surface area contributed by atoms with Crippen LogP contribution >= 0.6 is 0 Å². The summed E-state index contributed by atoms with van der Waals surface area (Å²) in [7, 11) is 1.57. The van der Waals surface area contributed by atoms with E-state index in [4.69, 9.17) is 4.74 Å². The van der Waals surface area contributed by atoms with Gasteiger partial charge in [-0.1, -0.05) is 6.07 Å². The zero-order valence-electron chi connectivity index (χ0n) is 14.5. The number of rotatable bonds is 5. The lowest BCUT2D eigenvalue weighted by Gasteiger charge is -2.08. The normalized spacial score (nSPS) is 10.1. The van der Waals surface area contributed by atoms with E-state index in [9.17, 15) is 14.0 Å². The molecule has 0 aliphatic carbocycles. The Morgan fingerprint density at radius 1 is 0.778 bits per heavy atom. The molecule has 2 N–H and O–H groups in total. The van der Waals surface area contributed by atoms with E-state index in [1.165, 1.54) is 30.3 Å². The fourth-order valence-corrected chi connectivity index (χ4v) is 2.42. The molecule has 0 aliphatic heterocycles. The lowest BCUT2D eigenvalue weighted by Crippen LogP contribution is -2.14. The van der Waals surface area contributed by atoms with Crippen molar-refractivity contribution in [3.63, 3.8) is 0 Å². The van der Waals surface area contributed by atoms with E-state index >= 15 is 0 Å². The SMILES string of the molecule is COc1ccc(NC(=O)c2ccc(C(=O)Nc3cccc(F)c3)cc2)cc1. The predicted molar refractivity (Wildman–Crippen MR) is 102 cm³/mol. The number of amides is 2. The van der Waals surface area contributed by atoms with Crippen LogP contribution in [0.15, 0.2) is 72.8 Å². The van der Waals surface area contributed by atoms with Crippen molar-refractivity contribution >= 4 is 23.2 Å². The van der Waals surface area contributed by atoms with Gasteiger partial charge in [-0.25, -0.2) is 4.39 Å². The van der Waals surface area contributed by atoms with Crippen LogP contribution in [-0.2, 0) is 0 Å². The van der Waals surface area contributed by atoms with Crippen LogP contribution in [0.5, 0.6) is 5.75 Å². The average molecular weight is 364 g/mol. The molecule has 3 rings (SSSR count). The first-order valence-electron chi connectivity index (χ1n) is 8.17. The smallest absolute Gasteiger partial charge is 0.255 e. The zero-order chi connectivity index (χ0) is 19.2. The maximum absolute atomic E-state index is 13.2. The third kappa shape index (κ3) is 4.70. The second-order valence-corrected chi connectivity index (χ2v) is 5.72. The summed E-state index contributed by atoms with van der Waals surface area (Å²) in [5.74, 6) is -0.417. The Morgan fingerprint density at radius 2 is 1.33 bits per heavy atom. The summed E-state index contributed by atoms with van der Waals surface area (Å²) in [4.78, 5) is 24.5. The first-order valence-corrected chi connectivity index (χ1v) is 8.17. The van der Waals surface area contributed by atoms with E-state index in [1.807, 2.05) is 0 Å². The molecular weight excluding hydrogens is 347 g/mol. The Morgan fingerprint density at radius 3 is 1.85 bits per heavy atom. The van der Waals surface area contributed by atoms with Gasteiger partial charge >= 0.3 is 0 Å². The van der Waals surface area contributed by atoms with Crippen LogP contribution < -0.4 is 15.4 Å². The Hall–Kier alpha value is -3.67. The third-order valence-electron chi connectivity index (χ3n) is 3.84. The van der Waals surface area contributed by atoms with E-state index < -0.39 is 5.82 Å². The lowest BCUT2D eigenvalue weighted by atomic mass is 10.1. The second kappa shape index (κ2) is 8.14. The fraction of sp³-hybridized carbons (Fsp3) is 0.0476. The summed E-state index contributed by atoms with van der Waals surface area (Å²) in [6.45, 7) is 0. The first kappa shape index (κ1) is 18.1.